The van der Waals surface area contributed by atoms with Crippen molar-refractivity contribution in [2.24, 2.45) is 11.3 Å². The summed E-state index contributed by atoms with van der Waals surface area (Å²) in [6.07, 6.45) is 0. The molecule has 4 heteroatoms. The number of hydrogen-bond acceptors (Lipinski definition) is 4. The van der Waals surface area contributed by atoms with E-state index in [-0.39, 0.29) is 18.6 Å². The van der Waals surface area contributed by atoms with Crippen molar-refractivity contribution < 1.29 is 10.2 Å². The first kappa shape index (κ1) is 16.8. The van der Waals surface area contributed by atoms with Crippen LogP contribution in [0.25, 0.3) is 0 Å². The Bertz CT molecular complexity index is 178. The Labute approximate surface area is 106 Å². The molecule has 0 bridgehead atoms. The lowest BCUT2D eigenvalue weighted by Gasteiger charge is -2.32. The summed E-state index contributed by atoms with van der Waals surface area (Å²) < 4.78 is 0. The van der Waals surface area contributed by atoms with Crippen LogP contribution in [-0.2, 0) is 0 Å². The SMILES string of the molecule is CC(C)CNCC(C)(C)CN(CCO)CCO. The van der Waals surface area contributed by atoms with Gasteiger partial charge in [0.25, 0.3) is 0 Å². The van der Waals surface area contributed by atoms with Gasteiger partial charge in [0.2, 0.25) is 0 Å². The fraction of sp³-hybridized carbons (Fsp3) is 1.00. The number of aliphatic hydroxyl groups excluding tert-OH is 2. The van der Waals surface area contributed by atoms with Gasteiger partial charge in [-0.1, -0.05) is 27.7 Å². The highest BCUT2D eigenvalue weighted by atomic mass is 16.3. The maximum atomic E-state index is 8.97. The minimum absolute atomic E-state index is 0.148. The van der Waals surface area contributed by atoms with Gasteiger partial charge in [-0.2, -0.15) is 0 Å². The molecule has 0 aliphatic carbocycles. The fourth-order valence-corrected chi connectivity index (χ4v) is 1.91. The van der Waals surface area contributed by atoms with E-state index in [9.17, 15) is 0 Å². The van der Waals surface area contributed by atoms with E-state index in [4.69, 9.17) is 10.2 Å². The Morgan fingerprint density at radius 2 is 1.65 bits per heavy atom. The largest absolute Gasteiger partial charge is 0.395 e. The first-order valence-corrected chi connectivity index (χ1v) is 6.56. The molecule has 104 valence electrons. The molecule has 0 aliphatic heterocycles. The van der Waals surface area contributed by atoms with E-state index >= 15 is 0 Å². The summed E-state index contributed by atoms with van der Waals surface area (Å²) in [4.78, 5) is 2.11. The molecule has 0 heterocycles. The highest BCUT2D eigenvalue weighted by Crippen LogP contribution is 2.15. The van der Waals surface area contributed by atoms with Crippen molar-refractivity contribution in [2.75, 3.05) is 45.9 Å². The van der Waals surface area contributed by atoms with Gasteiger partial charge in [0.15, 0.2) is 0 Å². The van der Waals surface area contributed by atoms with Gasteiger partial charge in [-0.3, -0.25) is 4.90 Å². The van der Waals surface area contributed by atoms with Crippen molar-refractivity contribution in [3.63, 3.8) is 0 Å². The molecule has 3 N–H and O–H groups in total. The van der Waals surface area contributed by atoms with Gasteiger partial charge in [-0.15, -0.1) is 0 Å². The molecular formula is C13H30N2O2. The number of rotatable bonds is 10. The second-order valence-corrected chi connectivity index (χ2v) is 5.91. The van der Waals surface area contributed by atoms with Gasteiger partial charge in [-0.25, -0.2) is 0 Å². The van der Waals surface area contributed by atoms with E-state index in [0.717, 1.165) is 19.6 Å². The van der Waals surface area contributed by atoms with E-state index in [2.05, 4.69) is 37.9 Å². The van der Waals surface area contributed by atoms with Crippen molar-refractivity contribution in [3.05, 3.63) is 0 Å². The number of nitrogens with one attached hydrogen (secondary N) is 1. The molecular weight excluding hydrogens is 216 g/mol. The fourth-order valence-electron chi connectivity index (χ4n) is 1.91. The molecule has 0 aliphatic rings. The zero-order valence-electron chi connectivity index (χ0n) is 11.9. The lowest BCUT2D eigenvalue weighted by atomic mass is 9.92. The van der Waals surface area contributed by atoms with Gasteiger partial charge in [-0.05, 0) is 17.9 Å². The molecule has 0 aromatic carbocycles. The van der Waals surface area contributed by atoms with Crippen molar-refractivity contribution in [1.29, 1.82) is 0 Å². The molecule has 17 heavy (non-hydrogen) atoms. The maximum Gasteiger partial charge on any atom is 0.0558 e. The molecule has 4 nitrogen and oxygen atoms in total. The van der Waals surface area contributed by atoms with E-state index in [1.807, 2.05) is 0 Å². The molecule has 0 unspecified atom stereocenters. The molecule has 0 rings (SSSR count). The standard InChI is InChI=1S/C13H30N2O2/c1-12(2)9-14-10-13(3,4)11-15(5-7-16)6-8-17/h12,14,16-17H,5-11H2,1-4H3. The summed E-state index contributed by atoms with van der Waals surface area (Å²) in [5.41, 5.74) is 0.152. The molecule has 0 aromatic heterocycles. The first-order valence-electron chi connectivity index (χ1n) is 6.56. The minimum Gasteiger partial charge on any atom is -0.395 e. The zero-order valence-corrected chi connectivity index (χ0v) is 11.9. The summed E-state index contributed by atoms with van der Waals surface area (Å²) in [5, 5.41) is 21.4. The van der Waals surface area contributed by atoms with Crippen LogP contribution in [0.1, 0.15) is 27.7 Å². The van der Waals surface area contributed by atoms with Gasteiger partial charge in [0, 0.05) is 26.2 Å². The second-order valence-electron chi connectivity index (χ2n) is 5.91. The van der Waals surface area contributed by atoms with Crippen LogP contribution in [-0.4, -0.2) is 61.1 Å². The van der Waals surface area contributed by atoms with E-state index < -0.39 is 0 Å². The van der Waals surface area contributed by atoms with Gasteiger partial charge < -0.3 is 15.5 Å². The molecule has 0 amide bonds. The first-order chi connectivity index (χ1) is 7.91. The van der Waals surface area contributed by atoms with Crippen LogP contribution < -0.4 is 5.32 Å². The van der Waals surface area contributed by atoms with Crippen LogP contribution in [0.15, 0.2) is 0 Å². The summed E-state index contributed by atoms with van der Waals surface area (Å²) in [5.74, 6) is 0.664. The number of hydrogen-bond donors (Lipinski definition) is 3. The van der Waals surface area contributed by atoms with E-state index in [1.54, 1.807) is 0 Å². The van der Waals surface area contributed by atoms with Gasteiger partial charge >= 0.3 is 0 Å². The van der Waals surface area contributed by atoms with Crippen LogP contribution in [0, 0.1) is 11.3 Å². The Kier molecular flexibility index (Phi) is 8.78. The summed E-state index contributed by atoms with van der Waals surface area (Å²) in [6, 6.07) is 0. The third-order valence-corrected chi connectivity index (χ3v) is 2.64. The predicted octanol–water partition coefficient (Wildman–Crippen LogP) is 0.545. The Morgan fingerprint density at radius 1 is 1.12 bits per heavy atom. The molecule has 0 fully saturated rings. The highest BCUT2D eigenvalue weighted by Gasteiger charge is 2.21. The lowest BCUT2D eigenvalue weighted by Crippen LogP contribution is -2.43. The van der Waals surface area contributed by atoms with E-state index in [1.165, 1.54) is 0 Å². The number of aliphatic hydroxyl groups is 2. The molecule has 0 saturated carbocycles. The molecule has 0 spiro atoms. The highest BCUT2D eigenvalue weighted by molar-refractivity contribution is 4.76. The summed E-state index contributed by atoms with van der Waals surface area (Å²) in [7, 11) is 0. The quantitative estimate of drug-likeness (QED) is 0.527. The van der Waals surface area contributed by atoms with Crippen LogP contribution in [0.2, 0.25) is 0 Å². The monoisotopic (exact) mass is 246 g/mol. The second kappa shape index (κ2) is 8.86. The Hall–Kier alpha value is -0.160. The molecule has 0 atom stereocenters. The van der Waals surface area contributed by atoms with E-state index in [0.29, 0.717) is 19.0 Å². The van der Waals surface area contributed by atoms with Gasteiger partial charge in [0.1, 0.15) is 0 Å². The average molecular weight is 246 g/mol. The van der Waals surface area contributed by atoms with Crippen molar-refractivity contribution in [3.8, 4) is 0 Å². The topological polar surface area (TPSA) is 55.7 Å². The van der Waals surface area contributed by atoms with Crippen LogP contribution in [0.4, 0.5) is 0 Å². The Morgan fingerprint density at radius 3 is 2.06 bits per heavy atom. The predicted molar refractivity (Wildman–Crippen MR) is 72.1 cm³/mol. The Balaban J connectivity index is 4.00. The summed E-state index contributed by atoms with van der Waals surface area (Å²) in [6.45, 7) is 13.3. The van der Waals surface area contributed by atoms with Crippen LogP contribution in [0.5, 0.6) is 0 Å². The zero-order chi connectivity index (χ0) is 13.3. The van der Waals surface area contributed by atoms with Crippen molar-refractivity contribution in [1.82, 2.24) is 10.2 Å². The average Bonchev–Trinajstić information content (AvgIpc) is 2.16. The van der Waals surface area contributed by atoms with Crippen LogP contribution in [0.3, 0.4) is 0 Å². The van der Waals surface area contributed by atoms with Crippen LogP contribution >= 0.6 is 0 Å². The number of nitrogens with zero attached hydrogens (tertiary/aromatic N) is 1. The normalized spacial score (nSPS) is 12.7. The minimum atomic E-state index is 0.148. The molecule has 0 radical (unpaired) electrons. The maximum absolute atomic E-state index is 8.97. The summed E-state index contributed by atoms with van der Waals surface area (Å²) >= 11 is 0. The van der Waals surface area contributed by atoms with Crippen molar-refractivity contribution >= 4 is 0 Å². The van der Waals surface area contributed by atoms with Crippen molar-refractivity contribution in [2.45, 2.75) is 27.7 Å². The third-order valence-electron chi connectivity index (χ3n) is 2.64. The smallest absolute Gasteiger partial charge is 0.0558 e. The molecule has 0 aromatic rings. The molecule has 0 saturated heterocycles. The van der Waals surface area contributed by atoms with Gasteiger partial charge in [0.05, 0.1) is 13.2 Å². The third kappa shape index (κ3) is 9.53. The lowest BCUT2D eigenvalue weighted by molar-refractivity contribution is 0.118.